The summed E-state index contributed by atoms with van der Waals surface area (Å²) in [7, 11) is -3.43. The van der Waals surface area contributed by atoms with Crippen molar-refractivity contribution in [3.05, 3.63) is 29.8 Å². The van der Waals surface area contributed by atoms with Crippen molar-refractivity contribution < 1.29 is 8.42 Å². The molecular formula is C16H28N2O2S. The van der Waals surface area contributed by atoms with Gasteiger partial charge >= 0.3 is 0 Å². The Morgan fingerprint density at radius 1 is 1.10 bits per heavy atom. The lowest BCUT2D eigenvalue weighted by Crippen LogP contribution is -2.34. The van der Waals surface area contributed by atoms with Gasteiger partial charge in [-0.05, 0) is 43.5 Å². The van der Waals surface area contributed by atoms with Gasteiger partial charge in [-0.25, -0.2) is 13.1 Å². The second-order valence-electron chi connectivity index (χ2n) is 5.43. The minimum atomic E-state index is -3.43. The van der Waals surface area contributed by atoms with E-state index in [1.54, 1.807) is 12.1 Å². The molecule has 120 valence electrons. The average molecular weight is 312 g/mol. The van der Waals surface area contributed by atoms with Crippen molar-refractivity contribution in [3.63, 3.8) is 0 Å². The largest absolute Gasteiger partial charge is 0.330 e. The normalized spacial score (nSPS) is 13.3. The molecule has 0 saturated carbocycles. The molecule has 3 N–H and O–H groups in total. The lowest BCUT2D eigenvalue weighted by molar-refractivity contribution is 0.483. The monoisotopic (exact) mass is 312 g/mol. The van der Waals surface area contributed by atoms with E-state index in [2.05, 4.69) is 18.6 Å². The molecule has 0 aromatic heterocycles. The van der Waals surface area contributed by atoms with Gasteiger partial charge in [0, 0.05) is 6.04 Å². The quantitative estimate of drug-likeness (QED) is 0.698. The molecule has 0 heterocycles. The van der Waals surface area contributed by atoms with Gasteiger partial charge in [0.25, 0.3) is 0 Å². The van der Waals surface area contributed by atoms with Crippen LogP contribution in [0.15, 0.2) is 29.2 Å². The Balaban J connectivity index is 2.77. The van der Waals surface area contributed by atoms with E-state index in [4.69, 9.17) is 5.73 Å². The molecule has 0 aliphatic carbocycles. The van der Waals surface area contributed by atoms with Crippen LogP contribution in [0.1, 0.15) is 51.5 Å². The van der Waals surface area contributed by atoms with Crippen LogP contribution < -0.4 is 10.5 Å². The first-order valence-corrected chi connectivity index (χ1v) is 9.33. The van der Waals surface area contributed by atoms with Crippen molar-refractivity contribution in [2.75, 3.05) is 6.54 Å². The number of unbranched alkanes of at least 4 members (excludes halogenated alkanes) is 1. The number of sulfonamides is 1. The molecule has 0 aliphatic heterocycles. The summed E-state index contributed by atoms with van der Waals surface area (Å²) in [5.74, 6) is 0. The predicted octanol–water partition coefficient (Wildman–Crippen LogP) is 2.83. The predicted molar refractivity (Wildman–Crippen MR) is 87.7 cm³/mol. The zero-order chi connectivity index (χ0) is 15.7. The molecule has 5 heteroatoms. The third kappa shape index (κ3) is 6.16. The zero-order valence-electron chi connectivity index (χ0n) is 13.1. The standard InChI is InChI=1S/C16H28N2O2S/c1-3-5-7-15(6-4-2)18-21(19,20)16-10-8-14(9-11-16)12-13-17/h8-11,15,18H,3-7,12-13,17H2,1-2H3. The van der Waals surface area contributed by atoms with Crippen LogP contribution in [0, 0.1) is 0 Å². The van der Waals surface area contributed by atoms with Gasteiger partial charge in [0.2, 0.25) is 10.0 Å². The molecule has 1 aromatic rings. The Morgan fingerprint density at radius 3 is 2.29 bits per heavy atom. The van der Waals surface area contributed by atoms with Crippen LogP contribution in [-0.4, -0.2) is 21.0 Å². The zero-order valence-corrected chi connectivity index (χ0v) is 14.0. The van der Waals surface area contributed by atoms with E-state index in [9.17, 15) is 8.42 Å². The molecule has 21 heavy (non-hydrogen) atoms. The minimum absolute atomic E-state index is 0.0312. The maximum absolute atomic E-state index is 12.4. The van der Waals surface area contributed by atoms with Crippen molar-refractivity contribution >= 4 is 10.0 Å². The smallest absolute Gasteiger partial charge is 0.240 e. The second kappa shape index (κ2) is 9.18. The first-order valence-electron chi connectivity index (χ1n) is 7.84. The third-order valence-electron chi connectivity index (χ3n) is 3.53. The lowest BCUT2D eigenvalue weighted by Gasteiger charge is -2.18. The number of rotatable bonds is 10. The van der Waals surface area contributed by atoms with Crippen LogP contribution in [0.5, 0.6) is 0 Å². The van der Waals surface area contributed by atoms with E-state index in [0.29, 0.717) is 11.4 Å². The van der Waals surface area contributed by atoms with Crippen molar-refractivity contribution in [1.29, 1.82) is 0 Å². The Hall–Kier alpha value is -0.910. The number of benzene rings is 1. The van der Waals surface area contributed by atoms with Crippen LogP contribution in [0.3, 0.4) is 0 Å². The molecule has 1 unspecified atom stereocenters. The van der Waals surface area contributed by atoms with Crippen LogP contribution in [0.25, 0.3) is 0 Å². The minimum Gasteiger partial charge on any atom is -0.330 e. The fourth-order valence-electron chi connectivity index (χ4n) is 2.35. The molecule has 4 nitrogen and oxygen atoms in total. The van der Waals surface area contributed by atoms with Crippen molar-refractivity contribution in [3.8, 4) is 0 Å². The molecule has 0 fully saturated rings. The first kappa shape index (κ1) is 18.1. The molecule has 0 bridgehead atoms. The molecule has 0 saturated heterocycles. The Labute approximate surface area is 129 Å². The maximum atomic E-state index is 12.4. The lowest BCUT2D eigenvalue weighted by atomic mass is 10.1. The van der Waals surface area contributed by atoms with Gasteiger partial charge < -0.3 is 5.73 Å². The summed E-state index contributed by atoms with van der Waals surface area (Å²) in [4.78, 5) is 0.334. The third-order valence-corrected chi connectivity index (χ3v) is 5.07. The number of hydrogen-bond donors (Lipinski definition) is 2. The molecule has 1 aromatic carbocycles. The van der Waals surface area contributed by atoms with Gasteiger partial charge in [-0.2, -0.15) is 0 Å². The van der Waals surface area contributed by atoms with E-state index in [1.807, 2.05) is 12.1 Å². The van der Waals surface area contributed by atoms with E-state index in [-0.39, 0.29) is 6.04 Å². The Morgan fingerprint density at radius 2 is 1.76 bits per heavy atom. The number of nitrogens with one attached hydrogen (secondary N) is 1. The van der Waals surface area contributed by atoms with Crippen molar-refractivity contribution in [1.82, 2.24) is 4.72 Å². The summed E-state index contributed by atoms with van der Waals surface area (Å²) in [5, 5.41) is 0. The van der Waals surface area contributed by atoms with Gasteiger partial charge in [-0.1, -0.05) is 45.2 Å². The average Bonchev–Trinajstić information content (AvgIpc) is 2.46. The second-order valence-corrected chi connectivity index (χ2v) is 7.15. The van der Waals surface area contributed by atoms with Crippen molar-refractivity contribution in [2.24, 2.45) is 5.73 Å². The van der Waals surface area contributed by atoms with E-state index in [0.717, 1.165) is 44.1 Å². The molecule has 1 atom stereocenters. The fraction of sp³-hybridized carbons (Fsp3) is 0.625. The highest BCUT2D eigenvalue weighted by molar-refractivity contribution is 7.89. The summed E-state index contributed by atoms with van der Waals surface area (Å²) >= 11 is 0. The number of nitrogens with two attached hydrogens (primary N) is 1. The summed E-state index contributed by atoms with van der Waals surface area (Å²) < 4.78 is 27.7. The molecule has 0 aliphatic rings. The Bertz CT molecular complexity index is 498. The highest BCUT2D eigenvalue weighted by atomic mass is 32.2. The number of hydrogen-bond acceptors (Lipinski definition) is 3. The van der Waals surface area contributed by atoms with E-state index >= 15 is 0 Å². The highest BCUT2D eigenvalue weighted by Gasteiger charge is 2.19. The van der Waals surface area contributed by atoms with Gasteiger partial charge in [0.1, 0.15) is 0 Å². The fourth-order valence-corrected chi connectivity index (χ4v) is 3.66. The van der Waals surface area contributed by atoms with Crippen LogP contribution in [0.2, 0.25) is 0 Å². The van der Waals surface area contributed by atoms with Gasteiger partial charge in [0.05, 0.1) is 4.90 Å². The SMILES string of the molecule is CCCCC(CCC)NS(=O)(=O)c1ccc(CCN)cc1. The van der Waals surface area contributed by atoms with Gasteiger partial charge in [-0.15, -0.1) is 0 Å². The summed E-state index contributed by atoms with van der Waals surface area (Å²) in [6, 6.07) is 7.03. The molecule has 0 radical (unpaired) electrons. The summed E-state index contributed by atoms with van der Waals surface area (Å²) in [6.45, 7) is 4.77. The van der Waals surface area contributed by atoms with Crippen molar-refractivity contribution in [2.45, 2.75) is 63.3 Å². The topological polar surface area (TPSA) is 72.2 Å². The van der Waals surface area contributed by atoms with Crippen LogP contribution in [0.4, 0.5) is 0 Å². The first-order chi connectivity index (χ1) is 10.0. The highest BCUT2D eigenvalue weighted by Crippen LogP contribution is 2.14. The summed E-state index contributed by atoms with van der Waals surface area (Å²) in [6.07, 6.45) is 5.65. The maximum Gasteiger partial charge on any atom is 0.240 e. The Kier molecular flexibility index (Phi) is 7.93. The van der Waals surface area contributed by atoms with E-state index < -0.39 is 10.0 Å². The molecule has 1 rings (SSSR count). The molecule has 0 amide bonds. The van der Waals surface area contributed by atoms with Crippen LogP contribution in [-0.2, 0) is 16.4 Å². The van der Waals surface area contributed by atoms with Gasteiger partial charge in [-0.3, -0.25) is 0 Å². The molecule has 0 spiro atoms. The van der Waals surface area contributed by atoms with E-state index in [1.165, 1.54) is 0 Å². The molecular weight excluding hydrogens is 284 g/mol. The van der Waals surface area contributed by atoms with Crippen LogP contribution >= 0.6 is 0 Å². The van der Waals surface area contributed by atoms with Gasteiger partial charge in [0.15, 0.2) is 0 Å². The summed E-state index contributed by atoms with van der Waals surface area (Å²) in [5.41, 5.74) is 6.56.